The average Bonchev–Trinajstić information content (AvgIpc) is 1.81. The molecule has 0 aromatic carbocycles. The van der Waals surface area contributed by atoms with Crippen molar-refractivity contribution in [3.05, 3.63) is 11.1 Å². The summed E-state index contributed by atoms with van der Waals surface area (Å²) in [7, 11) is 0. The van der Waals surface area contributed by atoms with Gasteiger partial charge in [-0.25, -0.2) is 0 Å². The molecule has 1 aliphatic heterocycles. The second-order valence-electron chi connectivity index (χ2n) is 3.46. The van der Waals surface area contributed by atoms with Crippen LogP contribution in [0.2, 0.25) is 0 Å². The topological polar surface area (TPSA) is 41.1 Å². The molecule has 0 aromatic rings. The van der Waals surface area contributed by atoms with E-state index in [0.29, 0.717) is 0 Å². The number of carbonyl (C=O) groups is 1. The van der Waals surface area contributed by atoms with E-state index >= 15 is 0 Å². The molecule has 1 fully saturated rings. The lowest BCUT2D eigenvalue weighted by Crippen LogP contribution is -2.39. The molecule has 1 aliphatic rings. The van der Waals surface area contributed by atoms with Crippen LogP contribution in [-0.2, 0) is 4.79 Å². The van der Waals surface area contributed by atoms with Crippen LogP contribution >= 0.6 is 0 Å². The molecular formula is C9H16N2O. The molecule has 0 atom stereocenters. The largest absolute Gasteiger partial charge is 0.350 e. The molecule has 1 rings (SSSR count). The highest BCUT2D eigenvalue weighted by Crippen LogP contribution is 2.08. The van der Waals surface area contributed by atoms with Gasteiger partial charge in [0.05, 0.1) is 0 Å². The lowest BCUT2D eigenvalue weighted by atomic mass is 10.0. The van der Waals surface area contributed by atoms with E-state index in [9.17, 15) is 4.79 Å². The summed E-state index contributed by atoms with van der Waals surface area (Å²) < 4.78 is 0. The van der Waals surface area contributed by atoms with E-state index in [-0.39, 0.29) is 11.9 Å². The quantitative estimate of drug-likeness (QED) is 0.587. The molecule has 0 radical (unpaired) electrons. The summed E-state index contributed by atoms with van der Waals surface area (Å²) in [4.78, 5) is 11.4. The van der Waals surface area contributed by atoms with Crippen LogP contribution in [0.3, 0.4) is 0 Å². The zero-order chi connectivity index (χ0) is 9.14. The van der Waals surface area contributed by atoms with Gasteiger partial charge in [0.25, 0.3) is 0 Å². The Morgan fingerprint density at radius 1 is 1.50 bits per heavy atom. The first-order valence-corrected chi connectivity index (χ1v) is 4.31. The third kappa shape index (κ3) is 2.08. The Bertz CT molecular complexity index is 213. The van der Waals surface area contributed by atoms with E-state index in [1.54, 1.807) is 0 Å². The first-order valence-electron chi connectivity index (χ1n) is 4.31. The molecule has 2 N–H and O–H groups in total. The van der Waals surface area contributed by atoms with Gasteiger partial charge in [-0.05, 0) is 26.3 Å². The summed E-state index contributed by atoms with van der Waals surface area (Å²) >= 11 is 0. The molecule has 1 heterocycles. The average molecular weight is 168 g/mol. The Hall–Kier alpha value is -0.830. The minimum atomic E-state index is 0.0708. The highest BCUT2D eigenvalue weighted by molar-refractivity contribution is 5.94. The number of hydrogen-bond acceptors (Lipinski definition) is 2. The van der Waals surface area contributed by atoms with Crippen LogP contribution in [0.1, 0.15) is 20.8 Å². The van der Waals surface area contributed by atoms with Crippen molar-refractivity contribution in [1.29, 1.82) is 0 Å². The monoisotopic (exact) mass is 168 g/mol. The first kappa shape index (κ1) is 9.26. The molecule has 0 saturated carbocycles. The summed E-state index contributed by atoms with van der Waals surface area (Å²) in [5.41, 5.74) is 2.11. The predicted octanol–water partition coefficient (Wildman–Crippen LogP) is 0.431. The SMILES string of the molecule is CC(C(=O)NC(C)C)=C1CNC1. The fraction of sp³-hybridized carbons (Fsp3) is 0.667. The summed E-state index contributed by atoms with van der Waals surface area (Å²) in [6, 6.07) is 0.223. The molecule has 1 amide bonds. The lowest BCUT2D eigenvalue weighted by molar-refractivity contribution is -0.118. The molecule has 0 bridgehead atoms. The molecule has 0 unspecified atom stereocenters. The van der Waals surface area contributed by atoms with Gasteiger partial charge in [-0.15, -0.1) is 0 Å². The van der Waals surface area contributed by atoms with Crippen molar-refractivity contribution in [2.45, 2.75) is 26.8 Å². The van der Waals surface area contributed by atoms with Crippen molar-refractivity contribution < 1.29 is 4.79 Å². The smallest absolute Gasteiger partial charge is 0.247 e. The van der Waals surface area contributed by atoms with Gasteiger partial charge in [0, 0.05) is 24.7 Å². The van der Waals surface area contributed by atoms with Crippen LogP contribution in [0.5, 0.6) is 0 Å². The van der Waals surface area contributed by atoms with E-state index in [0.717, 1.165) is 18.7 Å². The third-order valence-electron chi connectivity index (χ3n) is 1.97. The van der Waals surface area contributed by atoms with Crippen molar-refractivity contribution in [1.82, 2.24) is 10.6 Å². The molecule has 1 saturated heterocycles. The van der Waals surface area contributed by atoms with Crippen molar-refractivity contribution in [3.8, 4) is 0 Å². The fourth-order valence-electron chi connectivity index (χ4n) is 1.05. The minimum absolute atomic E-state index is 0.0708. The standard InChI is InChI=1S/C9H16N2O/c1-6(2)11-9(12)7(3)8-4-10-5-8/h6,10H,4-5H2,1-3H3,(H,11,12). The van der Waals surface area contributed by atoms with Gasteiger partial charge in [-0.1, -0.05) is 0 Å². The molecule has 3 nitrogen and oxygen atoms in total. The Labute approximate surface area is 73.2 Å². The van der Waals surface area contributed by atoms with Crippen molar-refractivity contribution in [3.63, 3.8) is 0 Å². The van der Waals surface area contributed by atoms with Crippen molar-refractivity contribution >= 4 is 5.91 Å². The van der Waals surface area contributed by atoms with Gasteiger partial charge in [0.2, 0.25) is 5.91 Å². The van der Waals surface area contributed by atoms with Crippen LogP contribution in [0, 0.1) is 0 Å². The number of hydrogen-bond donors (Lipinski definition) is 2. The number of amides is 1. The van der Waals surface area contributed by atoms with Gasteiger partial charge < -0.3 is 10.6 Å². The van der Waals surface area contributed by atoms with Crippen molar-refractivity contribution in [2.24, 2.45) is 0 Å². The molecule has 3 heteroatoms. The van der Waals surface area contributed by atoms with Crippen molar-refractivity contribution in [2.75, 3.05) is 13.1 Å². The second kappa shape index (κ2) is 3.72. The predicted molar refractivity (Wildman–Crippen MR) is 48.8 cm³/mol. The van der Waals surface area contributed by atoms with Crippen LogP contribution in [0.25, 0.3) is 0 Å². The summed E-state index contributed by atoms with van der Waals surface area (Å²) in [5.74, 6) is 0.0708. The Morgan fingerprint density at radius 3 is 2.42 bits per heavy atom. The lowest BCUT2D eigenvalue weighted by Gasteiger charge is -2.22. The molecular weight excluding hydrogens is 152 g/mol. The Balaban J connectivity index is 2.51. The molecule has 68 valence electrons. The summed E-state index contributed by atoms with van der Waals surface area (Å²) in [6.45, 7) is 7.56. The van der Waals surface area contributed by atoms with Crippen LogP contribution < -0.4 is 10.6 Å². The van der Waals surface area contributed by atoms with E-state index < -0.39 is 0 Å². The molecule has 12 heavy (non-hydrogen) atoms. The number of carbonyl (C=O) groups excluding carboxylic acids is 1. The van der Waals surface area contributed by atoms with E-state index in [1.807, 2.05) is 20.8 Å². The maximum absolute atomic E-state index is 11.4. The van der Waals surface area contributed by atoms with Gasteiger partial charge >= 0.3 is 0 Å². The van der Waals surface area contributed by atoms with Gasteiger partial charge in [0.15, 0.2) is 0 Å². The zero-order valence-electron chi connectivity index (χ0n) is 7.90. The van der Waals surface area contributed by atoms with Crippen LogP contribution in [0.15, 0.2) is 11.1 Å². The molecule has 0 spiro atoms. The van der Waals surface area contributed by atoms with Crippen LogP contribution in [-0.4, -0.2) is 25.0 Å². The summed E-state index contributed by atoms with van der Waals surface area (Å²) in [6.07, 6.45) is 0. The van der Waals surface area contributed by atoms with E-state index in [4.69, 9.17) is 0 Å². The Morgan fingerprint density at radius 2 is 2.08 bits per heavy atom. The summed E-state index contributed by atoms with van der Waals surface area (Å²) in [5, 5.41) is 5.98. The highest BCUT2D eigenvalue weighted by atomic mass is 16.1. The minimum Gasteiger partial charge on any atom is -0.350 e. The van der Waals surface area contributed by atoms with Gasteiger partial charge in [-0.2, -0.15) is 0 Å². The molecule has 0 aromatic heterocycles. The highest BCUT2D eigenvalue weighted by Gasteiger charge is 2.15. The third-order valence-corrected chi connectivity index (χ3v) is 1.97. The number of nitrogens with one attached hydrogen (secondary N) is 2. The maximum atomic E-state index is 11.4. The zero-order valence-corrected chi connectivity index (χ0v) is 7.90. The Kier molecular flexibility index (Phi) is 2.87. The van der Waals surface area contributed by atoms with E-state index in [1.165, 1.54) is 5.57 Å². The number of rotatable bonds is 2. The van der Waals surface area contributed by atoms with E-state index in [2.05, 4.69) is 10.6 Å². The van der Waals surface area contributed by atoms with Gasteiger partial charge in [-0.3, -0.25) is 4.79 Å². The second-order valence-corrected chi connectivity index (χ2v) is 3.46. The van der Waals surface area contributed by atoms with Gasteiger partial charge in [0.1, 0.15) is 0 Å². The maximum Gasteiger partial charge on any atom is 0.247 e. The fourth-order valence-corrected chi connectivity index (χ4v) is 1.05. The normalized spacial score (nSPS) is 15.8. The molecule has 0 aliphatic carbocycles. The van der Waals surface area contributed by atoms with Crippen LogP contribution in [0.4, 0.5) is 0 Å². The first-order chi connectivity index (χ1) is 5.61.